The lowest BCUT2D eigenvalue weighted by Gasteiger charge is -2.19. The first-order chi connectivity index (χ1) is 7.83. The van der Waals surface area contributed by atoms with E-state index in [2.05, 4.69) is 9.68 Å². The predicted molar refractivity (Wildman–Crippen MR) is 60.3 cm³/mol. The SMILES string of the molecule is CCN(C(=O)c1ccon1)c1ccccc1. The molecule has 0 aliphatic carbocycles. The first kappa shape index (κ1) is 10.4. The van der Waals surface area contributed by atoms with Crippen molar-refractivity contribution in [2.75, 3.05) is 11.4 Å². The molecule has 1 heterocycles. The highest BCUT2D eigenvalue weighted by atomic mass is 16.5. The lowest BCUT2D eigenvalue weighted by atomic mass is 10.2. The van der Waals surface area contributed by atoms with Crippen LogP contribution in [0, 0.1) is 0 Å². The molecule has 0 saturated carbocycles. The molecule has 0 saturated heterocycles. The predicted octanol–water partition coefficient (Wildman–Crippen LogP) is 2.34. The second-order valence-corrected chi connectivity index (χ2v) is 3.27. The zero-order valence-corrected chi connectivity index (χ0v) is 8.96. The summed E-state index contributed by atoms with van der Waals surface area (Å²) >= 11 is 0. The van der Waals surface area contributed by atoms with E-state index in [0.29, 0.717) is 12.2 Å². The van der Waals surface area contributed by atoms with Crippen molar-refractivity contribution < 1.29 is 9.32 Å². The monoisotopic (exact) mass is 216 g/mol. The second kappa shape index (κ2) is 4.61. The van der Waals surface area contributed by atoms with E-state index in [1.807, 2.05) is 37.3 Å². The molecule has 0 atom stereocenters. The number of rotatable bonds is 3. The zero-order valence-electron chi connectivity index (χ0n) is 8.96. The molecule has 4 heteroatoms. The Kier molecular flexibility index (Phi) is 3.00. The van der Waals surface area contributed by atoms with Gasteiger partial charge >= 0.3 is 0 Å². The van der Waals surface area contributed by atoms with Crippen LogP contribution in [-0.2, 0) is 0 Å². The molecule has 4 nitrogen and oxygen atoms in total. The largest absolute Gasteiger partial charge is 0.364 e. The maximum absolute atomic E-state index is 12.0. The summed E-state index contributed by atoms with van der Waals surface area (Å²) in [5, 5.41) is 3.64. The van der Waals surface area contributed by atoms with Crippen molar-refractivity contribution in [1.82, 2.24) is 5.16 Å². The maximum Gasteiger partial charge on any atom is 0.280 e. The minimum absolute atomic E-state index is 0.151. The molecule has 16 heavy (non-hydrogen) atoms. The molecule has 0 fully saturated rings. The summed E-state index contributed by atoms with van der Waals surface area (Å²) < 4.78 is 4.67. The van der Waals surface area contributed by atoms with Crippen LogP contribution in [-0.4, -0.2) is 17.6 Å². The number of hydrogen-bond donors (Lipinski definition) is 0. The van der Waals surface area contributed by atoms with Crippen LogP contribution >= 0.6 is 0 Å². The van der Waals surface area contributed by atoms with Gasteiger partial charge in [-0.15, -0.1) is 0 Å². The van der Waals surface area contributed by atoms with E-state index in [1.165, 1.54) is 6.26 Å². The number of carbonyl (C=O) groups excluding carboxylic acids is 1. The summed E-state index contributed by atoms with van der Waals surface area (Å²) in [6.45, 7) is 2.51. The molecule has 0 spiro atoms. The summed E-state index contributed by atoms with van der Waals surface area (Å²) in [6.07, 6.45) is 1.39. The van der Waals surface area contributed by atoms with Gasteiger partial charge in [0.15, 0.2) is 5.69 Å². The molecule has 82 valence electrons. The van der Waals surface area contributed by atoms with Gasteiger partial charge in [-0.05, 0) is 19.1 Å². The molecule has 0 aliphatic rings. The van der Waals surface area contributed by atoms with Crippen LogP contribution < -0.4 is 4.90 Å². The Bertz CT molecular complexity index is 451. The fourth-order valence-electron chi connectivity index (χ4n) is 1.51. The minimum atomic E-state index is -0.151. The van der Waals surface area contributed by atoms with E-state index >= 15 is 0 Å². The molecule has 2 rings (SSSR count). The Balaban J connectivity index is 2.27. The first-order valence-corrected chi connectivity index (χ1v) is 5.10. The Labute approximate surface area is 93.5 Å². The first-order valence-electron chi connectivity index (χ1n) is 5.10. The molecular formula is C12H12N2O2. The topological polar surface area (TPSA) is 46.3 Å². The van der Waals surface area contributed by atoms with Crippen LogP contribution in [0.25, 0.3) is 0 Å². The number of nitrogens with zero attached hydrogens (tertiary/aromatic N) is 2. The van der Waals surface area contributed by atoms with E-state index in [1.54, 1.807) is 11.0 Å². The highest BCUT2D eigenvalue weighted by Gasteiger charge is 2.17. The number of amides is 1. The highest BCUT2D eigenvalue weighted by molar-refractivity contribution is 6.04. The third-order valence-electron chi connectivity index (χ3n) is 2.29. The van der Waals surface area contributed by atoms with Crippen molar-refractivity contribution in [3.63, 3.8) is 0 Å². The number of carbonyl (C=O) groups is 1. The average Bonchev–Trinajstić information content (AvgIpc) is 2.85. The van der Waals surface area contributed by atoms with Crippen molar-refractivity contribution in [2.45, 2.75) is 6.92 Å². The van der Waals surface area contributed by atoms with Gasteiger partial charge in [-0.25, -0.2) is 0 Å². The summed E-state index contributed by atoms with van der Waals surface area (Å²) in [5.41, 5.74) is 1.18. The molecule has 0 radical (unpaired) electrons. The lowest BCUT2D eigenvalue weighted by Crippen LogP contribution is -2.30. The van der Waals surface area contributed by atoms with Gasteiger partial charge in [0.2, 0.25) is 0 Å². The molecule has 1 aromatic heterocycles. The van der Waals surface area contributed by atoms with E-state index in [0.717, 1.165) is 5.69 Å². The van der Waals surface area contributed by atoms with Gasteiger partial charge in [0, 0.05) is 18.3 Å². The van der Waals surface area contributed by atoms with Crippen LogP contribution in [0.5, 0.6) is 0 Å². The van der Waals surface area contributed by atoms with E-state index < -0.39 is 0 Å². The highest BCUT2D eigenvalue weighted by Crippen LogP contribution is 2.15. The van der Waals surface area contributed by atoms with Crippen molar-refractivity contribution in [2.24, 2.45) is 0 Å². The zero-order chi connectivity index (χ0) is 11.4. The van der Waals surface area contributed by atoms with Gasteiger partial charge < -0.3 is 9.42 Å². The number of aromatic nitrogens is 1. The van der Waals surface area contributed by atoms with Crippen LogP contribution in [0.1, 0.15) is 17.4 Å². The van der Waals surface area contributed by atoms with Gasteiger partial charge in [-0.1, -0.05) is 23.4 Å². The van der Waals surface area contributed by atoms with Crippen molar-refractivity contribution in [3.05, 3.63) is 48.4 Å². The number of hydrogen-bond acceptors (Lipinski definition) is 3. The number of benzene rings is 1. The Morgan fingerprint density at radius 2 is 2.06 bits per heavy atom. The van der Waals surface area contributed by atoms with Crippen LogP contribution in [0.3, 0.4) is 0 Å². The van der Waals surface area contributed by atoms with Gasteiger partial charge in [0.1, 0.15) is 6.26 Å². The van der Waals surface area contributed by atoms with Crippen LogP contribution in [0.2, 0.25) is 0 Å². The average molecular weight is 216 g/mol. The fourth-order valence-corrected chi connectivity index (χ4v) is 1.51. The molecule has 0 bridgehead atoms. The van der Waals surface area contributed by atoms with Crippen LogP contribution in [0.15, 0.2) is 47.2 Å². The second-order valence-electron chi connectivity index (χ2n) is 3.27. The number of anilines is 1. The van der Waals surface area contributed by atoms with Gasteiger partial charge in [-0.2, -0.15) is 0 Å². The smallest absolute Gasteiger partial charge is 0.280 e. The van der Waals surface area contributed by atoms with Crippen LogP contribution in [0.4, 0.5) is 5.69 Å². The molecule has 0 unspecified atom stereocenters. The molecule has 1 aromatic carbocycles. The molecule has 0 aliphatic heterocycles. The normalized spacial score (nSPS) is 10.1. The summed E-state index contributed by atoms with van der Waals surface area (Å²) in [4.78, 5) is 13.7. The molecular weight excluding hydrogens is 204 g/mol. The quantitative estimate of drug-likeness (QED) is 0.791. The Morgan fingerprint density at radius 3 is 2.62 bits per heavy atom. The third kappa shape index (κ3) is 1.95. The lowest BCUT2D eigenvalue weighted by molar-refractivity contribution is 0.0979. The Morgan fingerprint density at radius 1 is 1.31 bits per heavy atom. The molecule has 1 amide bonds. The van der Waals surface area contributed by atoms with Gasteiger partial charge in [0.05, 0.1) is 0 Å². The maximum atomic E-state index is 12.0. The standard InChI is InChI=1S/C12H12N2O2/c1-2-14(10-6-4-3-5-7-10)12(15)11-8-9-16-13-11/h3-9H,2H2,1H3. The minimum Gasteiger partial charge on any atom is -0.364 e. The summed E-state index contributed by atoms with van der Waals surface area (Å²) in [7, 11) is 0. The fraction of sp³-hybridized carbons (Fsp3) is 0.167. The van der Waals surface area contributed by atoms with E-state index in [-0.39, 0.29) is 5.91 Å². The Hall–Kier alpha value is -2.10. The van der Waals surface area contributed by atoms with Crippen molar-refractivity contribution in [3.8, 4) is 0 Å². The summed E-state index contributed by atoms with van der Waals surface area (Å²) in [5.74, 6) is -0.151. The summed E-state index contributed by atoms with van der Waals surface area (Å²) in [6, 6.07) is 11.1. The van der Waals surface area contributed by atoms with Gasteiger partial charge in [0.25, 0.3) is 5.91 Å². The molecule has 0 N–H and O–H groups in total. The van der Waals surface area contributed by atoms with E-state index in [4.69, 9.17) is 0 Å². The van der Waals surface area contributed by atoms with Crippen molar-refractivity contribution in [1.29, 1.82) is 0 Å². The van der Waals surface area contributed by atoms with E-state index in [9.17, 15) is 4.79 Å². The molecule has 2 aromatic rings. The van der Waals surface area contributed by atoms with Gasteiger partial charge in [-0.3, -0.25) is 4.79 Å². The van der Waals surface area contributed by atoms with Crippen molar-refractivity contribution >= 4 is 11.6 Å². The number of para-hydroxylation sites is 1. The third-order valence-corrected chi connectivity index (χ3v) is 2.29.